The average molecular weight is 455 g/mol. The van der Waals surface area contributed by atoms with Crippen LogP contribution in [0.25, 0.3) is 10.1 Å². The van der Waals surface area contributed by atoms with E-state index in [4.69, 9.17) is 4.74 Å². The lowest BCUT2D eigenvalue weighted by Gasteiger charge is -2.25. The van der Waals surface area contributed by atoms with Gasteiger partial charge in [0.25, 0.3) is 0 Å². The van der Waals surface area contributed by atoms with Crippen molar-refractivity contribution in [3.05, 3.63) is 47.9 Å². The Labute approximate surface area is 183 Å². The summed E-state index contributed by atoms with van der Waals surface area (Å²) in [6.45, 7) is 8.43. The Morgan fingerprint density at radius 1 is 1.19 bits per heavy atom. The number of fused-ring (bicyclic) bond motifs is 1. The lowest BCUT2D eigenvalue weighted by atomic mass is 10.1. The Morgan fingerprint density at radius 3 is 2.55 bits per heavy atom. The fourth-order valence-corrected chi connectivity index (χ4v) is 3.82. The molecule has 5 nitrogen and oxygen atoms in total. The van der Waals surface area contributed by atoms with Gasteiger partial charge in [-0.15, -0.1) is 17.9 Å². The maximum Gasteiger partial charge on any atom is 0.471 e. The van der Waals surface area contributed by atoms with E-state index in [-0.39, 0.29) is 12.3 Å². The molecule has 0 saturated carbocycles. The van der Waals surface area contributed by atoms with E-state index in [1.54, 1.807) is 30.0 Å². The van der Waals surface area contributed by atoms with Crippen molar-refractivity contribution in [3.63, 3.8) is 0 Å². The van der Waals surface area contributed by atoms with Crippen LogP contribution in [-0.4, -0.2) is 37.7 Å². The zero-order valence-corrected chi connectivity index (χ0v) is 18.2. The number of amides is 1. The first-order chi connectivity index (χ1) is 14.7. The molecule has 2 aromatic rings. The summed E-state index contributed by atoms with van der Waals surface area (Å²) in [7, 11) is 0. The van der Waals surface area contributed by atoms with E-state index in [1.807, 2.05) is 24.4 Å². The minimum absolute atomic E-state index is 0.00813. The number of halogens is 3. The van der Waals surface area contributed by atoms with Crippen LogP contribution in [0.1, 0.15) is 36.4 Å². The molecule has 0 radical (unpaired) electrons. The second-order valence-electron chi connectivity index (χ2n) is 6.64. The third kappa shape index (κ3) is 6.58. The monoisotopic (exact) mass is 454 g/mol. The smallest absolute Gasteiger partial charge is 0.462 e. The van der Waals surface area contributed by atoms with E-state index in [0.29, 0.717) is 33.7 Å². The molecule has 0 bridgehead atoms. The van der Waals surface area contributed by atoms with E-state index in [9.17, 15) is 22.8 Å². The summed E-state index contributed by atoms with van der Waals surface area (Å²) in [5, 5.41) is 2.51. The average Bonchev–Trinajstić information content (AvgIpc) is 3.12. The number of thiophene rings is 1. The minimum Gasteiger partial charge on any atom is -0.462 e. The van der Waals surface area contributed by atoms with Crippen LogP contribution >= 0.6 is 11.3 Å². The molecule has 0 atom stereocenters. The highest BCUT2D eigenvalue weighted by atomic mass is 32.1. The number of esters is 1. The van der Waals surface area contributed by atoms with E-state index < -0.39 is 18.1 Å². The first kappa shape index (κ1) is 24.5. The molecule has 1 N–H and O–H groups in total. The van der Waals surface area contributed by atoms with Gasteiger partial charge in [0, 0.05) is 17.8 Å². The maximum atomic E-state index is 12.9. The minimum atomic E-state index is -5.03. The Bertz CT molecular complexity index is 967. The maximum absolute atomic E-state index is 12.9. The number of unbranched alkanes of at least 4 members (excludes halogenated alkanes) is 1. The molecule has 9 heteroatoms. The van der Waals surface area contributed by atoms with E-state index in [1.165, 1.54) is 17.4 Å². The predicted molar refractivity (Wildman–Crippen MR) is 119 cm³/mol. The zero-order chi connectivity index (χ0) is 23.0. The molecule has 0 fully saturated rings. The molecule has 0 spiro atoms. The van der Waals surface area contributed by atoms with Crippen LogP contribution in [0, 0.1) is 0 Å². The van der Waals surface area contributed by atoms with Crippen molar-refractivity contribution in [1.29, 1.82) is 0 Å². The predicted octanol–water partition coefficient (Wildman–Crippen LogP) is 5.93. The van der Waals surface area contributed by atoms with Gasteiger partial charge in [-0.2, -0.15) is 13.2 Å². The van der Waals surface area contributed by atoms with Crippen molar-refractivity contribution in [2.75, 3.05) is 29.9 Å². The van der Waals surface area contributed by atoms with Crippen molar-refractivity contribution >= 4 is 44.7 Å². The molecule has 1 heterocycles. The number of nitrogens with zero attached hydrogens (tertiary/aromatic N) is 1. The van der Waals surface area contributed by atoms with Crippen LogP contribution in [0.5, 0.6) is 0 Å². The fourth-order valence-electron chi connectivity index (χ4n) is 2.85. The number of hydrogen-bond donors (Lipinski definition) is 1. The van der Waals surface area contributed by atoms with Gasteiger partial charge in [-0.05, 0) is 36.9 Å². The largest absolute Gasteiger partial charge is 0.471 e. The van der Waals surface area contributed by atoms with Crippen LogP contribution in [0.4, 0.5) is 24.5 Å². The number of nitrogens with one attached hydrogen (secondary N) is 1. The summed E-state index contributed by atoms with van der Waals surface area (Å²) in [6.07, 6.45) is 2.37. The molecule has 1 aromatic carbocycles. The number of carbonyl (C=O) groups is 2. The summed E-state index contributed by atoms with van der Waals surface area (Å²) in [5.41, 5.74) is 0.414. The number of anilines is 2. The van der Waals surface area contributed by atoms with Crippen LogP contribution < -0.4 is 10.2 Å². The van der Waals surface area contributed by atoms with Gasteiger partial charge in [0.1, 0.15) is 4.88 Å². The Balaban J connectivity index is 2.54. The second kappa shape index (κ2) is 11.0. The van der Waals surface area contributed by atoms with Gasteiger partial charge in [-0.3, -0.25) is 4.79 Å². The number of allylic oxidation sites excluding steroid dienone is 1. The highest BCUT2D eigenvalue weighted by Gasteiger charge is 2.39. The van der Waals surface area contributed by atoms with Crippen molar-refractivity contribution in [3.8, 4) is 0 Å². The van der Waals surface area contributed by atoms with Gasteiger partial charge >= 0.3 is 18.1 Å². The first-order valence-electron chi connectivity index (χ1n) is 9.84. The molecular weight excluding hydrogens is 429 g/mol. The summed E-state index contributed by atoms with van der Waals surface area (Å²) >= 11 is 1.18. The molecular formula is C22H25F3N2O3S. The number of hydrogen-bond acceptors (Lipinski definition) is 5. The molecule has 0 unspecified atom stereocenters. The van der Waals surface area contributed by atoms with Gasteiger partial charge in [-0.1, -0.05) is 31.6 Å². The number of ether oxygens (including phenoxy) is 1. The van der Waals surface area contributed by atoms with Crippen molar-refractivity contribution in [2.24, 2.45) is 0 Å². The molecule has 0 aliphatic heterocycles. The van der Waals surface area contributed by atoms with Crippen LogP contribution in [0.3, 0.4) is 0 Å². The summed E-state index contributed by atoms with van der Waals surface area (Å²) in [5.74, 6) is -2.56. The summed E-state index contributed by atoms with van der Waals surface area (Å²) in [4.78, 5) is 25.8. The molecule has 1 amide bonds. The standard InChI is InChI=1S/C22H25F3N2O3S/c1-4-7-8-9-11-27(10-5-2)17-14-18-15(13-19(31-18)20(28)30-6-3)12-16(17)26-21(29)22(23,24)25/h5,8-9,12-14H,2,4,6-7,10-11H2,1,3H3,(H,26,29)/b9-8+. The van der Waals surface area contributed by atoms with Crippen LogP contribution in [-0.2, 0) is 9.53 Å². The van der Waals surface area contributed by atoms with Gasteiger partial charge in [0.05, 0.1) is 18.0 Å². The van der Waals surface area contributed by atoms with Crippen LogP contribution in [0.15, 0.2) is 43.0 Å². The molecule has 1 aromatic heterocycles. The van der Waals surface area contributed by atoms with Crippen molar-refractivity contribution in [1.82, 2.24) is 0 Å². The summed E-state index contributed by atoms with van der Waals surface area (Å²) < 4.78 is 44.4. The van der Waals surface area contributed by atoms with Crippen molar-refractivity contribution < 1.29 is 27.5 Å². The third-order valence-electron chi connectivity index (χ3n) is 4.25. The lowest BCUT2D eigenvalue weighted by Crippen LogP contribution is -2.31. The van der Waals surface area contributed by atoms with Crippen molar-refractivity contribution in [2.45, 2.75) is 32.9 Å². The van der Waals surface area contributed by atoms with E-state index >= 15 is 0 Å². The molecule has 31 heavy (non-hydrogen) atoms. The van der Waals surface area contributed by atoms with Gasteiger partial charge in [0.2, 0.25) is 0 Å². The SMILES string of the molecule is C=CCN(C/C=C/CCC)c1cc2sc(C(=O)OCC)cc2cc1NC(=O)C(F)(F)F. The highest BCUT2D eigenvalue weighted by molar-refractivity contribution is 7.20. The quantitative estimate of drug-likeness (QED) is 0.357. The lowest BCUT2D eigenvalue weighted by molar-refractivity contribution is -0.167. The number of carbonyl (C=O) groups excluding carboxylic acids is 2. The molecule has 168 valence electrons. The van der Waals surface area contributed by atoms with E-state index in [2.05, 4.69) is 6.58 Å². The van der Waals surface area contributed by atoms with Gasteiger partial charge < -0.3 is 15.0 Å². The molecule has 0 aliphatic carbocycles. The fraction of sp³-hybridized carbons (Fsp3) is 0.364. The summed E-state index contributed by atoms with van der Waals surface area (Å²) in [6, 6.07) is 4.66. The number of rotatable bonds is 10. The zero-order valence-electron chi connectivity index (χ0n) is 17.4. The van der Waals surface area contributed by atoms with Gasteiger partial charge in [0.15, 0.2) is 0 Å². The topological polar surface area (TPSA) is 58.6 Å². The second-order valence-corrected chi connectivity index (χ2v) is 7.73. The first-order valence-corrected chi connectivity index (χ1v) is 10.7. The molecule has 0 saturated heterocycles. The van der Waals surface area contributed by atoms with Gasteiger partial charge in [-0.25, -0.2) is 4.79 Å². The molecule has 2 rings (SSSR count). The normalized spacial score (nSPS) is 11.6. The van der Waals surface area contributed by atoms with E-state index in [0.717, 1.165) is 12.8 Å². The third-order valence-corrected chi connectivity index (χ3v) is 5.33. The highest BCUT2D eigenvalue weighted by Crippen LogP contribution is 2.37. The molecule has 0 aliphatic rings. The Morgan fingerprint density at radius 2 is 1.94 bits per heavy atom. The van der Waals surface area contributed by atoms with Crippen LogP contribution in [0.2, 0.25) is 0 Å². The number of alkyl halides is 3. The Kier molecular flexibility index (Phi) is 8.67. The Hall–Kier alpha value is -2.81. The number of benzene rings is 1.